The lowest BCUT2D eigenvalue weighted by atomic mass is 10.4. The molecule has 0 saturated carbocycles. The van der Waals surface area contributed by atoms with Crippen molar-refractivity contribution in [2.45, 2.75) is 13.0 Å². The number of aliphatic hydroxyl groups excluding tert-OH is 1. The molecular formula is C5H11O2S. The van der Waals surface area contributed by atoms with E-state index >= 15 is 0 Å². The summed E-state index contributed by atoms with van der Waals surface area (Å²) in [5.74, 6) is 0.604. The lowest BCUT2D eigenvalue weighted by Crippen LogP contribution is -2.11. The molecule has 0 aromatic carbocycles. The van der Waals surface area contributed by atoms with Crippen LogP contribution in [0.25, 0.3) is 0 Å². The summed E-state index contributed by atoms with van der Waals surface area (Å²) in [4.78, 5) is 0. The maximum atomic E-state index is 8.62. The van der Waals surface area contributed by atoms with Crippen LogP contribution in [0.3, 0.4) is 0 Å². The molecule has 0 aliphatic rings. The first-order chi connectivity index (χ1) is 3.77. The summed E-state index contributed by atoms with van der Waals surface area (Å²) in [7, 11) is 0. The molecular weight excluding hydrogens is 124 g/mol. The van der Waals surface area contributed by atoms with Crippen molar-refractivity contribution in [2.24, 2.45) is 0 Å². The highest BCUT2D eigenvalue weighted by Gasteiger charge is 1.91. The summed E-state index contributed by atoms with van der Waals surface area (Å²) in [5.41, 5.74) is 0. The molecule has 0 fully saturated rings. The fourth-order valence-corrected chi connectivity index (χ4v) is 0.431. The second-order valence-corrected chi connectivity index (χ2v) is 2.04. The highest BCUT2D eigenvalue weighted by atomic mass is 32.1. The van der Waals surface area contributed by atoms with Gasteiger partial charge in [0.15, 0.2) is 0 Å². The Balaban J connectivity index is 2.72. The molecule has 2 nitrogen and oxygen atoms in total. The zero-order valence-corrected chi connectivity index (χ0v) is 5.78. The van der Waals surface area contributed by atoms with Crippen molar-refractivity contribution >= 4 is 12.6 Å². The van der Waals surface area contributed by atoms with Gasteiger partial charge in [0.2, 0.25) is 0 Å². The number of hydrogen-bond donors (Lipinski definition) is 1. The van der Waals surface area contributed by atoms with Gasteiger partial charge < -0.3 is 9.84 Å². The van der Waals surface area contributed by atoms with E-state index in [1.807, 2.05) is 0 Å². The Bertz CT molecular complexity index is 47.7. The van der Waals surface area contributed by atoms with E-state index in [-0.39, 0.29) is 6.10 Å². The first-order valence-electron chi connectivity index (χ1n) is 2.61. The van der Waals surface area contributed by atoms with Crippen molar-refractivity contribution in [2.75, 3.05) is 19.0 Å². The van der Waals surface area contributed by atoms with Crippen LogP contribution < -0.4 is 0 Å². The Hall–Kier alpha value is 0.270. The molecule has 8 heavy (non-hydrogen) atoms. The minimum Gasteiger partial charge on any atom is -0.391 e. The topological polar surface area (TPSA) is 29.5 Å². The van der Waals surface area contributed by atoms with Crippen molar-refractivity contribution in [1.82, 2.24) is 0 Å². The quantitative estimate of drug-likeness (QED) is 0.571. The SMILES string of the molecule is CC(O)COCC[S]. The fraction of sp³-hybridized carbons (Fsp3) is 1.00. The van der Waals surface area contributed by atoms with Gasteiger partial charge in [-0.2, -0.15) is 0 Å². The van der Waals surface area contributed by atoms with Crippen molar-refractivity contribution < 1.29 is 9.84 Å². The Morgan fingerprint density at radius 2 is 2.38 bits per heavy atom. The van der Waals surface area contributed by atoms with Crippen LogP contribution in [0, 0.1) is 0 Å². The number of ether oxygens (including phenoxy) is 1. The minimum atomic E-state index is -0.364. The Morgan fingerprint density at radius 1 is 1.75 bits per heavy atom. The van der Waals surface area contributed by atoms with Gasteiger partial charge in [0.1, 0.15) is 0 Å². The van der Waals surface area contributed by atoms with Gasteiger partial charge in [-0.15, -0.1) is 0 Å². The number of rotatable bonds is 4. The average molecular weight is 135 g/mol. The largest absolute Gasteiger partial charge is 0.391 e. The summed E-state index contributed by atoms with van der Waals surface area (Å²) in [5, 5.41) is 8.62. The molecule has 1 N–H and O–H groups in total. The van der Waals surface area contributed by atoms with E-state index in [1.54, 1.807) is 6.92 Å². The first-order valence-corrected chi connectivity index (χ1v) is 3.19. The van der Waals surface area contributed by atoms with Crippen molar-refractivity contribution in [3.8, 4) is 0 Å². The molecule has 1 unspecified atom stereocenters. The molecule has 0 aromatic rings. The number of hydrogen-bond acceptors (Lipinski definition) is 2. The molecule has 0 aromatic heterocycles. The van der Waals surface area contributed by atoms with Crippen LogP contribution in [0.2, 0.25) is 0 Å². The van der Waals surface area contributed by atoms with Gasteiger partial charge >= 0.3 is 0 Å². The van der Waals surface area contributed by atoms with E-state index in [9.17, 15) is 0 Å². The van der Waals surface area contributed by atoms with Crippen molar-refractivity contribution in [3.05, 3.63) is 0 Å². The van der Waals surface area contributed by atoms with Crippen LogP contribution in [0.4, 0.5) is 0 Å². The third-order valence-corrected chi connectivity index (χ3v) is 0.753. The zero-order chi connectivity index (χ0) is 6.41. The fourth-order valence-electron chi connectivity index (χ4n) is 0.313. The molecule has 1 radical (unpaired) electrons. The second kappa shape index (κ2) is 5.41. The number of aliphatic hydroxyl groups is 1. The molecule has 1 atom stereocenters. The molecule has 0 aliphatic heterocycles. The smallest absolute Gasteiger partial charge is 0.0745 e. The predicted octanol–water partition coefficient (Wildman–Crippen LogP) is 0.581. The van der Waals surface area contributed by atoms with Gasteiger partial charge in [0, 0.05) is 5.75 Å². The normalized spacial score (nSPS) is 13.9. The van der Waals surface area contributed by atoms with E-state index in [0.717, 1.165) is 0 Å². The monoisotopic (exact) mass is 135 g/mol. The Kier molecular flexibility index (Phi) is 5.59. The van der Waals surface area contributed by atoms with Crippen LogP contribution in [-0.4, -0.2) is 30.2 Å². The molecule has 49 valence electrons. The Morgan fingerprint density at radius 3 is 2.75 bits per heavy atom. The van der Waals surface area contributed by atoms with Crippen molar-refractivity contribution in [1.29, 1.82) is 0 Å². The van der Waals surface area contributed by atoms with Gasteiger partial charge in [-0.3, -0.25) is 0 Å². The summed E-state index contributed by atoms with van der Waals surface area (Å²) in [6.45, 7) is 2.65. The predicted molar refractivity (Wildman–Crippen MR) is 35.0 cm³/mol. The highest BCUT2D eigenvalue weighted by molar-refractivity contribution is 7.80. The molecule has 0 spiro atoms. The lowest BCUT2D eigenvalue weighted by Gasteiger charge is -2.02. The maximum Gasteiger partial charge on any atom is 0.0745 e. The zero-order valence-electron chi connectivity index (χ0n) is 4.96. The highest BCUT2D eigenvalue weighted by Crippen LogP contribution is 1.82. The average Bonchev–Trinajstić information content (AvgIpc) is 1.66. The molecule has 0 aliphatic carbocycles. The van der Waals surface area contributed by atoms with E-state index < -0.39 is 0 Å². The summed E-state index contributed by atoms with van der Waals surface area (Å²) >= 11 is 4.60. The Labute approximate surface area is 55.3 Å². The molecule has 0 rings (SSSR count). The third kappa shape index (κ3) is 6.27. The second-order valence-electron chi connectivity index (χ2n) is 1.63. The third-order valence-electron chi connectivity index (χ3n) is 0.587. The van der Waals surface area contributed by atoms with Crippen LogP contribution in [0.5, 0.6) is 0 Å². The first kappa shape index (κ1) is 8.27. The lowest BCUT2D eigenvalue weighted by molar-refractivity contribution is 0.0540. The van der Waals surface area contributed by atoms with Gasteiger partial charge in [-0.1, -0.05) is 12.6 Å². The maximum absolute atomic E-state index is 8.62. The van der Waals surface area contributed by atoms with Crippen LogP contribution in [-0.2, 0) is 4.74 Å². The summed E-state index contributed by atoms with van der Waals surface area (Å²) in [6, 6.07) is 0. The molecule has 3 heteroatoms. The van der Waals surface area contributed by atoms with E-state index in [0.29, 0.717) is 19.0 Å². The molecule has 0 amide bonds. The standard InChI is InChI=1S/C5H11O2S/c1-5(6)4-7-2-3-8/h5-6H,2-4H2,1H3. The molecule has 0 saturated heterocycles. The van der Waals surface area contributed by atoms with Crippen LogP contribution in [0.15, 0.2) is 0 Å². The molecule has 0 heterocycles. The minimum absolute atomic E-state index is 0.364. The van der Waals surface area contributed by atoms with Gasteiger partial charge in [-0.05, 0) is 6.92 Å². The molecule has 0 bridgehead atoms. The van der Waals surface area contributed by atoms with Gasteiger partial charge in [0.05, 0.1) is 19.3 Å². The van der Waals surface area contributed by atoms with Crippen LogP contribution >= 0.6 is 12.6 Å². The summed E-state index contributed by atoms with van der Waals surface area (Å²) < 4.78 is 4.89. The summed E-state index contributed by atoms with van der Waals surface area (Å²) in [6.07, 6.45) is -0.364. The van der Waals surface area contributed by atoms with Gasteiger partial charge in [0.25, 0.3) is 0 Å². The van der Waals surface area contributed by atoms with E-state index in [4.69, 9.17) is 9.84 Å². The van der Waals surface area contributed by atoms with Crippen molar-refractivity contribution in [3.63, 3.8) is 0 Å². The van der Waals surface area contributed by atoms with E-state index in [2.05, 4.69) is 12.6 Å². The van der Waals surface area contributed by atoms with E-state index in [1.165, 1.54) is 0 Å². The van der Waals surface area contributed by atoms with Gasteiger partial charge in [-0.25, -0.2) is 0 Å². The van der Waals surface area contributed by atoms with Crippen LogP contribution in [0.1, 0.15) is 6.92 Å².